The first kappa shape index (κ1) is 17.4. The summed E-state index contributed by atoms with van der Waals surface area (Å²) in [4.78, 5) is 24.5. The third-order valence-corrected chi connectivity index (χ3v) is 6.47. The van der Waals surface area contributed by atoms with Crippen molar-refractivity contribution in [3.8, 4) is 10.9 Å². The maximum absolute atomic E-state index is 11.6. The summed E-state index contributed by atoms with van der Waals surface area (Å²) in [5, 5.41) is 0.598. The first-order valence-electron chi connectivity index (χ1n) is 9.44. The summed E-state index contributed by atoms with van der Waals surface area (Å²) in [6, 6.07) is 12.4. The molecule has 0 radical (unpaired) electrons. The second-order valence-electron chi connectivity index (χ2n) is 7.36. The number of fused-ring (bicyclic) bond motifs is 4. The van der Waals surface area contributed by atoms with Crippen LogP contribution in [0.4, 0.5) is 4.79 Å². The number of benzene rings is 1. The monoisotopic (exact) mass is 395 g/mol. The number of amides is 2. The number of nitrogens with zero attached hydrogens (tertiary/aromatic N) is 4. The predicted molar refractivity (Wildman–Crippen MR) is 107 cm³/mol. The quantitative estimate of drug-likeness (QED) is 0.733. The Hall–Kier alpha value is -2.71. The van der Waals surface area contributed by atoms with Gasteiger partial charge in [0.2, 0.25) is 0 Å². The largest absolute Gasteiger partial charge is 0.431 e. The highest BCUT2D eigenvalue weighted by molar-refractivity contribution is 7.20. The Morgan fingerprint density at radius 2 is 2.00 bits per heavy atom. The summed E-state index contributed by atoms with van der Waals surface area (Å²) in [6.45, 7) is 2.51. The van der Waals surface area contributed by atoms with Crippen molar-refractivity contribution < 1.29 is 9.53 Å². The van der Waals surface area contributed by atoms with Gasteiger partial charge in [-0.3, -0.25) is 4.90 Å². The predicted octanol–water partition coefficient (Wildman–Crippen LogP) is 3.21. The molecule has 7 nitrogen and oxygen atoms in total. The van der Waals surface area contributed by atoms with Gasteiger partial charge < -0.3 is 15.4 Å². The van der Waals surface area contributed by atoms with Crippen molar-refractivity contribution >= 4 is 27.7 Å². The highest BCUT2D eigenvalue weighted by atomic mass is 32.1. The molecule has 3 fully saturated rings. The number of nitrogens with two attached hydrogens (primary N) is 1. The number of urea groups is 1. The second-order valence-corrected chi connectivity index (χ2v) is 8.35. The minimum absolute atomic E-state index is 0.248. The van der Waals surface area contributed by atoms with Crippen LogP contribution in [0, 0.1) is 0 Å². The number of primary amides is 1. The van der Waals surface area contributed by atoms with Crippen LogP contribution in [0.1, 0.15) is 18.4 Å². The van der Waals surface area contributed by atoms with Gasteiger partial charge in [0.15, 0.2) is 5.65 Å². The number of hydrogen-bond acceptors (Lipinski definition) is 6. The van der Waals surface area contributed by atoms with Gasteiger partial charge in [0.05, 0.1) is 4.70 Å². The summed E-state index contributed by atoms with van der Waals surface area (Å²) in [7, 11) is 0. The Morgan fingerprint density at radius 3 is 2.71 bits per heavy atom. The van der Waals surface area contributed by atoms with Crippen molar-refractivity contribution in [2.75, 3.05) is 13.1 Å². The van der Waals surface area contributed by atoms with E-state index in [1.54, 1.807) is 6.20 Å². The molecule has 2 amide bonds. The Kier molecular flexibility index (Phi) is 4.37. The molecule has 2 unspecified atom stereocenters. The van der Waals surface area contributed by atoms with Gasteiger partial charge in [-0.1, -0.05) is 23.5 Å². The number of carbonyl (C=O) groups is 1. The highest BCUT2D eigenvalue weighted by Gasteiger charge is 2.40. The molecule has 3 aromatic rings. The van der Waals surface area contributed by atoms with Crippen LogP contribution < -0.4 is 10.5 Å². The number of ether oxygens (including phenoxy) is 1. The van der Waals surface area contributed by atoms with Crippen LogP contribution in [-0.2, 0) is 6.54 Å². The van der Waals surface area contributed by atoms with Crippen molar-refractivity contribution in [3.05, 3.63) is 48.2 Å². The lowest BCUT2D eigenvalue weighted by molar-refractivity contribution is -0.000985. The van der Waals surface area contributed by atoms with Crippen LogP contribution in [0.25, 0.3) is 10.3 Å². The third kappa shape index (κ3) is 3.29. The SMILES string of the molecule is NC(=O)N1CC2CCC1CN2Cc1ccc(Oc2nc3ncccc3s2)cc1. The zero-order valence-electron chi connectivity index (χ0n) is 15.3. The molecule has 3 saturated heterocycles. The number of pyridine rings is 1. The summed E-state index contributed by atoms with van der Waals surface area (Å²) >= 11 is 1.49. The normalized spacial score (nSPS) is 21.9. The Balaban J connectivity index is 1.24. The molecule has 3 aliphatic heterocycles. The molecule has 3 aliphatic rings. The molecule has 0 saturated carbocycles. The fourth-order valence-corrected chi connectivity index (χ4v) is 4.96. The molecule has 28 heavy (non-hydrogen) atoms. The molecule has 1 aromatic carbocycles. The van der Waals surface area contributed by atoms with Gasteiger partial charge in [-0.2, -0.15) is 4.98 Å². The Labute approximate surface area is 166 Å². The average Bonchev–Trinajstić information content (AvgIpc) is 3.12. The van der Waals surface area contributed by atoms with Crippen LogP contribution in [0.5, 0.6) is 10.9 Å². The molecule has 2 bridgehead atoms. The lowest BCUT2D eigenvalue weighted by atomic mass is 9.90. The Morgan fingerprint density at radius 1 is 1.18 bits per heavy atom. The van der Waals surface area contributed by atoms with Crippen molar-refractivity contribution in [1.29, 1.82) is 0 Å². The van der Waals surface area contributed by atoms with Crippen LogP contribution >= 0.6 is 11.3 Å². The molecule has 0 aliphatic carbocycles. The smallest absolute Gasteiger partial charge is 0.315 e. The zero-order chi connectivity index (χ0) is 19.1. The molecule has 8 heteroatoms. The lowest BCUT2D eigenvalue weighted by Crippen LogP contribution is -2.64. The minimum atomic E-state index is -0.291. The van der Waals surface area contributed by atoms with E-state index in [0.717, 1.165) is 42.9 Å². The standard InChI is InChI=1S/C20H21N5O2S/c21-19(26)25-12-14-5-6-15(25)11-24(14)10-13-3-7-16(8-4-13)27-20-23-18-17(28-20)2-1-9-22-18/h1-4,7-9,14-15H,5-6,10-12H2,(H2,21,26). The molecular formula is C20H21N5O2S. The number of carbonyl (C=O) groups excluding carboxylic acids is 1. The molecule has 2 atom stereocenters. The summed E-state index contributed by atoms with van der Waals surface area (Å²) in [5.41, 5.74) is 7.45. The van der Waals surface area contributed by atoms with E-state index >= 15 is 0 Å². The van der Waals surface area contributed by atoms with E-state index in [1.165, 1.54) is 16.9 Å². The molecular weight excluding hydrogens is 374 g/mol. The maximum Gasteiger partial charge on any atom is 0.315 e. The summed E-state index contributed by atoms with van der Waals surface area (Å²) in [5.74, 6) is 0.767. The maximum atomic E-state index is 11.6. The molecule has 2 aromatic heterocycles. The van der Waals surface area contributed by atoms with Gasteiger partial charge in [-0.15, -0.1) is 0 Å². The molecule has 144 valence electrons. The van der Waals surface area contributed by atoms with Crippen LogP contribution in [0.2, 0.25) is 0 Å². The summed E-state index contributed by atoms with van der Waals surface area (Å²) in [6.07, 6.45) is 3.91. The van der Waals surface area contributed by atoms with Crippen molar-refractivity contribution in [3.63, 3.8) is 0 Å². The lowest BCUT2D eigenvalue weighted by Gasteiger charge is -2.51. The minimum Gasteiger partial charge on any atom is -0.431 e. The van der Waals surface area contributed by atoms with E-state index < -0.39 is 0 Å². The van der Waals surface area contributed by atoms with E-state index in [9.17, 15) is 4.79 Å². The number of thiazole rings is 1. The highest BCUT2D eigenvalue weighted by Crippen LogP contribution is 2.32. The molecule has 0 spiro atoms. The van der Waals surface area contributed by atoms with Gasteiger partial charge in [-0.25, -0.2) is 9.78 Å². The van der Waals surface area contributed by atoms with Gasteiger partial charge in [0, 0.05) is 37.9 Å². The van der Waals surface area contributed by atoms with E-state index in [2.05, 4.69) is 27.0 Å². The van der Waals surface area contributed by atoms with Gasteiger partial charge in [0.1, 0.15) is 5.75 Å². The van der Waals surface area contributed by atoms with Crippen molar-refractivity contribution in [2.24, 2.45) is 5.73 Å². The van der Waals surface area contributed by atoms with E-state index in [1.807, 2.05) is 29.2 Å². The van der Waals surface area contributed by atoms with E-state index in [4.69, 9.17) is 10.5 Å². The van der Waals surface area contributed by atoms with Crippen molar-refractivity contribution in [1.82, 2.24) is 19.8 Å². The Bertz CT molecular complexity index is 972. The number of piperazine rings is 1. The van der Waals surface area contributed by atoms with Gasteiger partial charge in [0.25, 0.3) is 5.19 Å². The number of hydrogen-bond donors (Lipinski definition) is 1. The number of rotatable bonds is 4. The fourth-order valence-electron chi connectivity index (χ4n) is 4.17. The topological polar surface area (TPSA) is 84.6 Å². The first-order chi connectivity index (χ1) is 13.7. The molecule has 2 N–H and O–H groups in total. The second kappa shape index (κ2) is 7.03. The average molecular weight is 395 g/mol. The van der Waals surface area contributed by atoms with Gasteiger partial charge in [-0.05, 0) is 42.7 Å². The number of aromatic nitrogens is 2. The van der Waals surface area contributed by atoms with Gasteiger partial charge >= 0.3 is 6.03 Å². The molecule has 6 rings (SSSR count). The zero-order valence-corrected chi connectivity index (χ0v) is 16.1. The summed E-state index contributed by atoms with van der Waals surface area (Å²) < 4.78 is 6.91. The third-order valence-electron chi connectivity index (χ3n) is 5.59. The number of piperidine rings is 2. The van der Waals surface area contributed by atoms with E-state index in [-0.39, 0.29) is 12.1 Å². The first-order valence-corrected chi connectivity index (χ1v) is 10.3. The van der Waals surface area contributed by atoms with Crippen LogP contribution in [0.3, 0.4) is 0 Å². The molecule has 5 heterocycles. The van der Waals surface area contributed by atoms with Crippen LogP contribution in [-0.4, -0.2) is 51.0 Å². The van der Waals surface area contributed by atoms with Crippen LogP contribution in [0.15, 0.2) is 42.6 Å². The van der Waals surface area contributed by atoms with Crippen molar-refractivity contribution in [2.45, 2.75) is 31.5 Å². The van der Waals surface area contributed by atoms with E-state index in [0.29, 0.717) is 16.9 Å². The fraction of sp³-hybridized carbons (Fsp3) is 0.350.